The highest BCUT2D eigenvalue weighted by atomic mass is 32.2. The highest BCUT2D eigenvalue weighted by Crippen LogP contribution is 2.33. The van der Waals surface area contributed by atoms with Gasteiger partial charge < -0.3 is 0 Å². The van der Waals surface area contributed by atoms with Crippen LogP contribution in [0.2, 0.25) is 0 Å². The Labute approximate surface area is 141 Å². The number of hydrogen-bond acceptors (Lipinski definition) is 3. The summed E-state index contributed by atoms with van der Waals surface area (Å²) >= 11 is 0. The van der Waals surface area contributed by atoms with E-state index in [9.17, 15) is 21.6 Å². The Bertz CT molecular complexity index is 1070. The lowest BCUT2D eigenvalue weighted by Crippen LogP contribution is -2.12. The molecule has 0 aliphatic heterocycles. The molecule has 0 spiro atoms. The summed E-state index contributed by atoms with van der Waals surface area (Å²) in [6.07, 6.45) is 1.38. The lowest BCUT2D eigenvalue weighted by atomic mass is 9.99. The second kappa shape index (κ2) is 6.30. The summed E-state index contributed by atoms with van der Waals surface area (Å²) in [4.78, 5) is 3.78. The monoisotopic (exact) mass is 364 g/mol. The molecule has 0 saturated heterocycles. The highest BCUT2D eigenvalue weighted by molar-refractivity contribution is 7.89. The summed E-state index contributed by atoms with van der Waals surface area (Å²) in [5.74, 6) is -2.81. The number of nitrogens with zero attached hydrogens (tertiary/aromatic N) is 1. The summed E-state index contributed by atoms with van der Waals surface area (Å²) in [7, 11) is -4.04. The lowest BCUT2D eigenvalue weighted by molar-refractivity contribution is 0.509. The fourth-order valence-electron chi connectivity index (χ4n) is 2.38. The average molecular weight is 364 g/mol. The molecule has 0 unspecified atom stereocenters. The van der Waals surface area contributed by atoms with Gasteiger partial charge in [-0.05, 0) is 42.0 Å². The Morgan fingerprint density at radius 3 is 2.24 bits per heavy atom. The van der Waals surface area contributed by atoms with Crippen molar-refractivity contribution in [2.45, 2.75) is 4.90 Å². The topological polar surface area (TPSA) is 73.1 Å². The number of aromatic nitrogens is 1. The van der Waals surface area contributed by atoms with Gasteiger partial charge in [0.2, 0.25) is 10.0 Å². The fraction of sp³-hybridized carbons (Fsp3) is 0. The van der Waals surface area contributed by atoms with Crippen LogP contribution in [-0.2, 0) is 10.0 Å². The first-order valence-corrected chi connectivity index (χ1v) is 8.55. The van der Waals surface area contributed by atoms with Crippen LogP contribution >= 0.6 is 0 Å². The van der Waals surface area contributed by atoms with Gasteiger partial charge in [-0.25, -0.2) is 26.7 Å². The molecule has 0 radical (unpaired) electrons. The summed E-state index contributed by atoms with van der Waals surface area (Å²) < 4.78 is 64.0. The van der Waals surface area contributed by atoms with Crippen LogP contribution in [0.5, 0.6) is 0 Å². The van der Waals surface area contributed by atoms with Crippen LogP contribution in [0.1, 0.15) is 0 Å². The molecular weight excluding hydrogens is 353 g/mol. The van der Waals surface area contributed by atoms with Crippen LogP contribution in [0.4, 0.5) is 13.2 Å². The van der Waals surface area contributed by atoms with E-state index in [2.05, 4.69) is 4.98 Å². The third-order valence-electron chi connectivity index (χ3n) is 3.56. The predicted octanol–water partition coefficient (Wildman–Crippen LogP) is 3.48. The molecule has 0 saturated carbocycles. The van der Waals surface area contributed by atoms with Crippen molar-refractivity contribution in [3.05, 3.63) is 72.2 Å². The summed E-state index contributed by atoms with van der Waals surface area (Å²) in [6.45, 7) is 0. The Morgan fingerprint density at radius 2 is 1.56 bits per heavy atom. The van der Waals surface area contributed by atoms with Crippen LogP contribution in [0.15, 0.2) is 59.6 Å². The minimum absolute atomic E-state index is 0.0801. The molecule has 0 aliphatic rings. The number of sulfonamides is 1. The zero-order chi connectivity index (χ0) is 18.2. The molecule has 0 atom stereocenters. The van der Waals surface area contributed by atoms with Gasteiger partial charge in [0.15, 0.2) is 11.6 Å². The highest BCUT2D eigenvalue weighted by Gasteiger charge is 2.17. The van der Waals surface area contributed by atoms with E-state index in [0.717, 1.165) is 30.3 Å². The van der Waals surface area contributed by atoms with Gasteiger partial charge in [-0.3, -0.25) is 4.98 Å². The van der Waals surface area contributed by atoms with E-state index in [1.54, 1.807) is 6.07 Å². The summed E-state index contributed by atoms with van der Waals surface area (Å²) in [5, 5.41) is 5.08. The Kier molecular flexibility index (Phi) is 4.32. The van der Waals surface area contributed by atoms with Gasteiger partial charge in [-0.1, -0.05) is 12.1 Å². The number of hydrogen-bond donors (Lipinski definition) is 1. The van der Waals surface area contributed by atoms with Crippen molar-refractivity contribution in [1.29, 1.82) is 0 Å². The number of halogens is 3. The van der Waals surface area contributed by atoms with Crippen LogP contribution in [0.25, 0.3) is 22.4 Å². The smallest absolute Gasteiger partial charge is 0.238 e. The van der Waals surface area contributed by atoms with E-state index >= 15 is 0 Å². The molecule has 2 aromatic carbocycles. The molecule has 1 heterocycles. The molecule has 3 aromatic rings. The van der Waals surface area contributed by atoms with Gasteiger partial charge in [-0.2, -0.15) is 0 Å². The Hall–Kier alpha value is -2.71. The van der Waals surface area contributed by atoms with E-state index in [4.69, 9.17) is 5.14 Å². The van der Waals surface area contributed by atoms with Gasteiger partial charge in [0.05, 0.1) is 10.6 Å². The van der Waals surface area contributed by atoms with Gasteiger partial charge >= 0.3 is 0 Å². The Morgan fingerprint density at radius 1 is 0.840 bits per heavy atom. The van der Waals surface area contributed by atoms with E-state index < -0.39 is 27.5 Å². The molecule has 0 amide bonds. The maximum Gasteiger partial charge on any atom is 0.238 e. The second-order valence-electron chi connectivity index (χ2n) is 5.22. The first kappa shape index (κ1) is 17.1. The molecule has 0 fully saturated rings. The fourth-order valence-corrected chi connectivity index (χ4v) is 2.92. The second-order valence-corrected chi connectivity index (χ2v) is 6.78. The maximum atomic E-state index is 14.3. The molecule has 4 nitrogen and oxygen atoms in total. The molecule has 1 aromatic heterocycles. The first-order valence-electron chi connectivity index (χ1n) is 7.00. The first-order chi connectivity index (χ1) is 11.8. The van der Waals surface area contributed by atoms with Crippen molar-refractivity contribution in [3.63, 3.8) is 0 Å². The van der Waals surface area contributed by atoms with Crippen molar-refractivity contribution in [2.24, 2.45) is 5.14 Å². The van der Waals surface area contributed by atoms with Crippen LogP contribution in [-0.4, -0.2) is 13.4 Å². The third kappa shape index (κ3) is 3.40. The van der Waals surface area contributed by atoms with Crippen molar-refractivity contribution in [2.75, 3.05) is 0 Å². The predicted molar refractivity (Wildman–Crippen MR) is 86.4 cm³/mol. The molecule has 0 aliphatic carbocycles. The molecular formula is C17H11F3N2O2S. The molecule has 128 valence electrons. The van der Waals surface area contributed by atoms with Crippen molar-refractivity contribution >= 4 is 10.0 Å². The number of primary sulfonamides is 1. The SMILES string of the molecule is NS(=O)(=O)c1ccc(F)c(-c2ncccc2-c2ccc(F)c(F)c2)c1. The van der Waals surface area contributed by atoms with E-state index in [-0.39, 0.29) is 21.7 Å². The molecule has 0 bridgehead atoms. The zero-order valence-electron chi connectivity index (χ0n) is 12.6. The number of benzene rings is 2. The third-order valence-corrected chi connectivity index (χ3v) is 4.47. The average Bonchev–Trinajstić information content (AvgIpc) is 2.57. The minimum Gasteiger partial charge on any atom is -0.255 e. The molecule has 2 N–H and O–H groups in total. The summed E-state index contributed by atoms with van der Waals surface area (Å²) in [6, 6.07) is 9.35. The van der Waals surface area contributed by atoms with E-state index in [0.29, 0.717) is 5.56 Å². The van der Waals surface area contributed by atoms with Gasteiger partial charge in [0.25, 0.3) is 0 Å². The van der Waals surface area contributed by atoms with Crippen LogP contribution in [0.3, 0.4) is 0 Å². The summed E-state index contributed by atoms with van der Waals surface area (Å²) in [5.41, 5.74) is 0.539. The van der Waals surface area contributed by atoms with Crippen molar-refractivity contribution < 1.29 is 21.6 Å². The number of rotatable bonds is 3. The lowest BCUT2D eigenvalue weighted by Gasteiger charge is -2.11. The van der Waals surface area contributed by atoms with Gasteiger partial charge in [0, 0.05) is 17.3 Å². The van der Waals surface area contributed by atoms with Crippen molar-refractivity contribution in [3.8, 4) is 22.4 Å². The normalized spacial score (nSPS) is 11.5. The largest absolute Gasteiger partial charge is 0.255 e. The van der Waals surface area contributed by atoms with E-state index in [1.165, 1.54) is 18.3 Å². The molecule has 25 heavy (non-hydrogen) atoms. The zero-order valence-corrected chi connectivity index (χ0v) is 13.4. The number of nitrogens with two attached hydrogens (primary N) is 1. The number of pyridine rings is 1. The van der Waals surface area contributed by atoms with Gasteiger partial charge in [0.1, 0.15) is 5.82 Å². The molecule has 3 rings (SSSR count). The van der Waals surface area contributed by atoms with Crippen molar-refractivity contribution in [1.82, 2.24) is 4.98 Å². The van der Waals surface area contributed by atoms with Crippen LogP contribution in [0, 0.1) is 17.5 Å². The maximum absolute atomic E-state index is 14.3. The minimum atomic E-state index is -4.04. The quantitative estimate of drug-likeness (QED) is 0.773. The van der Waals surface area contributed by atoms with E-state index in [1.807, 2.05) is 0 Å². The Balaban J connectivity index is 2.25. The van der Waals surface area contributed by atoms with Crippen LogP contribution < -0.4 is 5.14 Å². The molecule has 8 heteroatoms. The standard InChI is InChI=1S/C17H11F3N2O2S/c18-14-6-4-11(25(21,23)24)9-13(14)17-12(2-1-7-22-17)10-3-5-15(19)16(20)8-10/h1-9H,(H2,21,23,24). The van der Waals surface area contributed by atoms with Gasteiger partial charge in [-0.15, -0.1) is 0 Å².